The summed E-state index contributed by atoms with van der Waals surface area (Å²) >= 11 is 6.28. The summed E-state index contributed by atoms with van der Waals surface area (Å²) in [4.78, 5) is 27.3. The lowest BCUT2D eigenvalue weighted by atomic mass is 10.2. The molecule has 0 aliphatic heterocycles. The standard InChI is InChI=1S/C22H17ClN6O2/c1-2-31-13-25-29-20-18(19-21(29)27-17-10-6-5-9-16(17)26-19)22(30)28(12-24-20)11-14-7-3-4-8-15(14)23/h3-10,12-13H,2,11H2,1H3. The van der Waals surface area contributed by atoms with Gasteiger partial charge in [-0.3, -0.25) is 9.36 Å². The van der Waals surface area contributed by atoms with Crippen molar-refractivity contribution in [2.45, 2.75) is 13.5 Å². The van der Waals surface area contributed by atoms with Crippen LogP contribution < -0.4 is 5.56 Å². The molecule has 31 heavy (non-hydrogen) atoms. The topological polar surface area (TPSA) is 87.2 Å². The summed E-state index contributed by atoms with van der Waals surface area (Å²) in [5.41, 5.74) is 3.19. The predicted octanol–water partition coefficient (Wildman–Crippen LogP) is 3.82. The zero-order valence-corrected chi connectivity index (χ0v) is 17.3. The Kier molecular flexibility index (Phi) is 4.83. The van der Waals surface area contributed by atoms with E-state index in [1.807, 2.05) is 49.4 Å². The van der Waals surface area contributed by atoms with E-state index in [1.54, 1.807) is 6.07 Å². The Bertz CT molecular complexity index is 1520. The molecule has 0 saturated heterocycles. The van der Waals surface area contributed by atoms with Crippen molar-refractivity contribution in [1.82, 2.24) is 24.2 Å². The highest BCUT2D eigenvalue weighted by molar-refractivity contribution is 6.31. The van der Waals surface area contributed by atoms with Crippen molar-refractivity contribution in [3.05, 3.63) is 75.8 Å². The second-order valence-electron chi connectivity index (χ2n) is 6.84. The lowest BCUT2D eigenvalue weighted by Crippen LogP contribution is -2.21. The third-order valence-corrected chi connectivity index (χ3v) is 5.28. The van der Waals surface area contributed by atoms with Crippen LogP contribution >= 0.6 is 11.6 Å². The second kappa shape index (κ2) is 7.81. The molecule has 0 atom stereocenters. The van der Waals surface area contributed by atoms with Gasteiger partial charge in [-0.25, -0.2) is 15.0 Å². The number of hydrogen-bond donors (Lipinski definition) is 0. The summed E-state index contributed by atoms with van der Waals surface area (Å²) < 4.78 is 8.25. The molecule has 0 saturated carbocycles. The Morgan fingerprint density at radius 2 is 1.81 bits per heavy atom. The van der Waals surface area contributed by atoms with E-state index in [2.05, 4.69) is 15.1 Å². The van der Waals surface area contributed by atoms with Crippen molar-refractivity contribution < 1.29 is 4.74 Å². The van der Waals surface area contributed by atoms with Gasteiger partial charge in [0, 0.05) is 5.02 Å². The highest BCUT2D eigenvalue weighted by Gasteiger charge is 2.20. The van der Waals surface area contributed by atoms with Gasteiger partial charge >= 0.3 is 0 Å². The summed E-state index contributed by atoms with van der Waals surface area (Å²) in [6, 6.07) is 14.9. The monoisotopic (exact) mass is 432 g/mol. The number of rotatable bonds is 5. The van der Waals surface area contributed by atoms with Gasteiger partial charge in [0.05, 0.1) is 24.2 Å². The Balaban J connectivity index is 1.79. The number of halogens is 1. The summed E-state index contributed by atoms with van der Waals surface area (Å²) in [5.74, 6) is 0. The average molecular weight is 433 g/mol. The molecule has 3 aromatic heterocycles. The number of hydrogen-bond acceptors (Lipinski definition) is 6. The Morgan fingerprint density at radius 3 is 2.58 bits per heavy atom. The van der Waals surface area contributed by atoms with Crippen LogP contribution in [0.4, 0.5) is 0 Å². The lowest BCUT2D eigenvalue weighted by molar-refractivity contribution is 0.341. The first-order chi connectivity index (χ1) is 15.2. The van der Waals surface area contributed by atoms with Crippen molar-refractivity contribution in [3.63, 3.8) is 0 Å². The molecule has 0 radical (unpaired) electrons. The van der Waals surface area contributed by atoms with Crippen molar-refractivity contribution in [2.24, 2.45) is 5.10 Å². The molecule has 3 heterocycles. The zero-order chi connectivity index (χ0) is 21.4. The molecule has 5 rings (SSSR count). The SMILES string of the molecule is CCOC=Nn1c2nc3ccccc3nc2c2c(=O)n(Cc3ccccc3Cl)cnc21. The molecule has 8 nitrogen and oxygen atoms in total. The van der Waals surface area contributed by atoms with Gasteiger partial charge in [0.1, 0.15) is 17.2 Å². The third-order valence-electron chi connectivity index (χ3n) is 4.91. The summed E-state index contributed by atoms with van der Waals surface area (Å²) in [6.07, 6.45) is 2.80. The number of para-hydroxylation sites is 2. The summed E-state index contributed by atoms with van der Waals surface area (Å²) in [5, 5.41) is 5.25. The van der Waals surface area contributed by atoms with E-state index >= 15 is 0 Å². The van der Waals surface area contributed by atoms with E-state index < -0.39 is 0 Å². The molecule has 0 aliphatic carbocycles. The predicted molar refractivity (Wildman–Crippen MR) is 121 cm³/mol. The van der Waals surface area contributed by atoms with E-state index in [0.717, 1.165) is 5.56 Å². The van der Waals surface area contributed by atoms with Crippen LogP contribution in [0.1, 0.15) is 12.5 Å². The molecule has 0 N–H and O–H groups in total. The molecular weight excluding hydrogens is 416 g/mol. The summed E-state index contributed by atoms with van der Waals surface area (Å²) in [7, 11) is 0. The van der Waals surface area contributed by atoms with Gasteiger partial charge < -0.3 is 4.74 Å². The van der Waals surface area contributed by atoms with Crippen LogP contribution in [0.15, 0.2) is 64.8 Å². The van der Waals surface area contributed by atoms with E-state index in [4.69, 9.17) is 21.3 Å². The van der Waals surface area contributed by atoms with Gasteiger partial charge in [-0.2, -0.15) is 4.68 Å². The van der Waals surface area contributed by atoms with Gasteiger partial charge in [0.25, 0.3) is 5.56 Å². The van der Waals surface area contributed by atoms with Gasteiger partial charge in [0.2, 0.25) is 0 Å². The van der Waals surface area contributed by atoms with Crippen molar-refractivity contribution >= 4 is 51.2 Å². The first-order valence-corrected chi connectivity index (χ1v) is 10.1. The minimum Gasteiger partial charge on any atom is -0.482 e. The van der Waals surface area contributed by atoms with Crippen molar-refractivity contribution in [1.29, 1.82) is 0 Å². The second-order valence-corrected chi connectivity index (χ2v) is 7.25. The molecule has 154 valence electrons. The van der Waals surface area contributed by atoms with Crippen LogP contribution in [0.25, 0.3) is 33.2 Å². The van der Waals surface area contributed by atoms with Crippen LogP contribution in [-0.4, -0.2) is 37.2 Å². The van der Waals surface area contributed by atoms with E-state index in [-0.39, 0.29) is 12.1 Å². The van der Waals surface area contributed by atoms with Crippen LogP contribution in [0.3, 0.4) is 0 Å². The van der Waals surface area contributed by atoms with Crippen LogP contribution in [-0.2, 0) is 11.3 Å². The van der Waals surface area contributed by atoms with E-state index in [0.29, 0.717) is 44.9 Å². The molecule has 0 unspecified atom stereocenters. The number of aromatic nitrogens is 5. The Labute approximate surface area is 181 Å². The van der Waals surface area contributed by atoms with Crippen LogP contribution in [0, 0.1) is 0 Å². The molecule has 9 heteroatoms. The molecule has 0 fully saturated rings. The number of nitrogens with zero attached hydrogens (tertiary/aromatic N) is 6. The molecule has 0 spiro atoms. The van der Waals surface area contributed by atoms with Gasteiger partial charge in [0.15, 0.2) is 17.7 Å². The van der Waals surface area contributed by atoms with E-state index in [9.17, 15) is 4.79 Å². The van der Waals surface area contributed by atoms with Crippen molar-refractivity contribution in [3.8, 4) is 0 Å². The summed E-state index contributed by atoms with van der Waals surface area (Å²) in [6.45, 7) is 2.61. The lowest BCUT2D eigenvalue weighted by Gasteiger charge is -2.07. The van der Waals surface area contributed by atoms with Crippen LogP contribution in [0.2, 0.25) is 5.02 Å². The fourth-order valence-corrected chi connectivity index (χ4v) is 3.64. The highest BCUT2D eigenvalue weighted by Crippen LogP contribution is 2.25. The Hall–Kier alpha value is -3.78. The van der Waals surface area contributed by atoms with Gasteiger partial charge in [-0.15, -0.1) is 5.10 Å². The van der Waals surface area contributed by atoms with Gasteiger partial charge in [-0.05, 0) is 30.7 Å². The molecule has 2 aromatic carbocycles. The highest BCUT2D eigenvalue weighted by atomic mass is 35.5. The molecule has 5 aromatic rings. The number of fused-ring (bicyclic) bond motifs is 4. The maximum atomic E-state index is 13.5. The van der Waals surface area contributed by atoms with Gasteiger partial charge in [-0.1, -0.05) is 41.9 Å². The molecule has 0 amide bonds. The normalized spacial score (nSPS) is 11.8. The largest absolute Gasteiger partial charge is 0.482 e. The van der Waals surface area contributed by atoms with Crippen LogP contribution in [0.5, 0.6) is 0 Å². The quantitative estimate of drug-likeness (QED) is 0.311. The smallest absolute Gasteiger partial charge is 0.265 e. The minimum atomic E-state index is -0.245. The molecule has 0 aliphatic rings. The Morgan fingerprint density at radius 1 is 1.06 bits per heavy atom. The first kappa shape index (κ1) is 19.2. The molecular formula is C22H17ClN6O2. The number of ether oxygens (including phenoxy) is 1. The molecule has 0 bridgehead atoms. The van der Waals surface area contributed by atoms with E-state index in [1.165, 1.54) is 22.0 Å². The maximum Gasteiger partial charge on any atom is 0.265 e. The fourth-order valence-electron chi connectivity index (χ4n) is 3.44. The fraction of sp³-hybridized carbons (Fsp3) is 0.136. The number of benzene rings is 2. The first-order valence-electron chi connectivity index (χ1n) is 9.71. The third kappa shape index (κ3) is 3.30. The van der Waals surface area contributed by atoms with Crippen molar-refractivity contribution in [2.75, 3.05) is 6.61 Å². The minimum absolute atomic E-state index is 0.245. The zero-order valence-electron chi connectivity index (χ0n) is 16.6. The maximum absolute atomic E-state index is 13.5. The average Bonchev–Trinajstić information content (AvgIpc) is 3.09.